The van der Waals surface area contributed by atoms with Gasteiger partial charge in [0.25, 0.3) is 0 Å². The minimum atomic E-state index is -4.44. The summed E-state index contributed by atoms with van der Waals surface area (Å²) in [5.41, 5.74) is 0.717. The molecular formula is C12H13O5PS. The van der Waals surface area contributed by atoms with Crippen molar-refractivity contribution < 1.29 is 24.3 Å². The third kappa shape index (κ3) is 3.28. The van der Waals surface area contributed by atoms with Crippen molar-refractivity contribution in [1.82, 2.24) is 0 Å². The lowest BCUT2D eigenvalue weighted by atomic mass is 10.1. The second kappa shape index (κ2) is 5.51. The Balaban J connectivity index is 2.47. The van der Waals surface area contributed by atoms with Crippen molar-refractivity contribution in [2.24, 2.45) is 5.92 Å². The quantitative estimate of drug-likeness (QED) is 0.742. The van der Waals surface area contributed by atoms with Crippen LogP contribution in [0, 0.1) is 5.92 Å². The first-order valence-corrected chi connectivity index (χ1v) is 8.19. The summed E-state index contributed by atoms with van der Waals surface area (Å²) in [6.45, 7) is 0. The molecule has 1 aliphatic heterocycles. The predicted molar refractivity (Wildman–Crippen MR) is 73.6 cm³/mol. The van der Waals surface area contributed by atoms with Gasteiger partial charge in [-0.1, -0.05) is 30.3 Å². The lowest BCUT2D eigenvalue weighted by Crippen LogP contribution is -2.20. The SMILES string of the molecule is O=C(O)[C@@H]1CSC(c2ccccc2)=C(P(=O)(O)O)C1. The summed E-state index contributed by atoms with van der Waals surface area (Å²) in [7, 11) is -4.44. The first-order valence-electron chi connectivity index (χ1n) is 5.60. The number of allylic oxidation sites excluding steroid dienone is 1. The van der Waals surface area contributed by atoms with Gasteiger partial charge in [0.15, 0.2) is 0 Å². The zero-order chi connectivity index (χ0) is 14.0. The summed E-state index contributed by atoms with van der Waals surface area (Å²) in [6, 6.07) is 8.90. The van der Waals surface area contributed by atoms with Crippen LogP contribution in [0.15, 0.2) is 35.6 Å². The van der Waals surface area contributed by atoms with Gasteiger partial charge < -0.3 is 14.9 Å². The van der Waals surface area contributed by atoms with E-state index < -0.39 is 19.5 Å². The fourth-order valence-electron chi connectivity index (χ4n) is 1.90. The Kier molecular flexibility index (Phi) is 4.16. The lowest BCUT2D eigenvalue weighted by molar-refractivity contribution is -0.140. The van der Waals surface area contributed by atoms with Crippen LogP contribution in [0.4, 0.5) is 0 Å². The van der Waals surface area contributed by atoms with Gasteiger partial charge in [-0.05, 0) is 12.0 Å². The number of carboxylic acids is 1. The lowest BCUT2D eigenvalue weighted by Gasteiger charge is -2.25. The maximum atomic E-state index is 11.6. The number of hydrogen-bond acceptors (Lipinski definition) is 3. The Labute approximate surface area is 114 Å². The van der Waals surface area contributed by atoms with Crippen LogP contribution in [-0.2, 0) is 9.36 Å². The molecule has 0 spiro atoms. The highest BCUT2D eigenvalue weighted by atomic mass is 32.2. The molecule has 2 rings (SSSR count). The van der Waals surface area contributed by atoms with Crippen LogP contribution >= 0.6 is 19.4 Å². The first-order chi connectivity index (χ1) is 8.89. The number of carboxylic acid groups (broad SMARTS) is 1. The molecule has 1 heterocycles. The molecule has 0 fully saturated rings. The van der Waals surface area contributed by atoms with Gasteiger partial charge >= 0.3 is 13.6 Å². The maximum Gasteiger partial charge on any atom is 0.353 e. The summed E-state index contributed by atoms with van der Waals surface area (Å²) in [5, 5.41) is 8.92. The monoisotopic (exact) mass is 300 g/mol. The van der Waals surface area contributed by atoms with Gasteiger partial charge in [-0.2, -0.15) is 0 Å². The number of carbonyl (C=O) groups is 1. The van der Waals surface area contributed by atoms with Crippen LogP contribution in [0.5, 0.6) is 0 Å². The van der Waals surface area contributed by atoms with Crippen LogP contribution in [0.25, 0.3) is 4.91 Å². The normalized spacial score (nSPS) is 20.4. The molecule has 3 N–H and O–H groups in total. The Hall–Kier alpha value is -1.07. The van der Waals surface area contributed by atoms with Crippen LogP contribution in [-0.4, -0.2) is 26.6 Å². The van der Waals surface area contributed by atoms with E-state index in [0.29, 0.717) is 10.7 Å². The van der Waals surface area contributed by atoms with Gasteiger partial charge in [0, 0.05) is 10.7 Å². The van der Waals surface area contributed by atoms with Crippen LogP contribution < -0.4 is 0 Å². The van der Waals surface area contributed by atoms with Crippen LogP contribution in [0.2, 0.25) is 0 Å². The van der Waals surface area contributed by atoms with Crippen molar-refractivity contribution >= 4 is 30.2 Å². The van der Waals surface area contributed by atoms with Crippen molar-refractivity contribution in [3.8, 4) is 0 Å². The average Bonchev–Trinajstić information content (AvgIpc) is 2.38. The van der Waals surface area contributed by atoms with Gasteiger partial charge in [-0.25, -0.2) is 0 Å². The Morgan fingerprint density at radius 3 is 2.42 bits per heavy atom. The van der Waals surface area contributed by atoms with Crippen LogP contribution in [0.3, 0.4) is 0 Å². The molecule has 0 bridgehead atoms. The standard InChI is InChI=1S/C12H13O5PS/c13-12(14)9-6-10(18(15,16)17)11(19-7-9)8-4-2-1-3-5-8/h1-5,9H,6-7H2,(H,13,14)(H2,15,16,17)/t9-/m0/s1. The van der Waals surface area contributed by atoms with E-state index in [0.717, 1.165) is 5.56 Å². The Bertz CT molecular complexity index is 563. The third-order valence-electron chi connectivity index (χ3n) is 2.87. The van der Waals surface area contributed by atoms with Crippen molar-refractivity contribution in [2.75, 3.05) is 5.75 Å². The minimum Gasteiger partial charge on any atom is -0.481 e. The average molecular weight is 300 g/mol. The van der Waals surface area contributed by atoms with E-state index in [1.165, 1.54) is 11.8 Å². The molecule has 0 radical (unpaired) electrons. The Morgan fingerprint density at radius 1 is 1.26 bits per heavy atom. The largest absolute Gasteiger partial charge is 0.481 e. The second-order valence-electron chi connectivity index (χ2n) is 4.24. The Morgan fingerprint density at radius 2 is 1.89 bits per heavy atom. The summed E-state index contributed by atoms with van der Waals surface area (Å²) < 4.78 is 11.6. The van der Waals surface area contributed by atoms with Crippen molar-refractivity contribution in [2.45, 2.75) is 6.42 Å². The molecule has 1 aliphatic rings. The van der Waals surface area contributed by atoms with E-state index in [1.54, 1.807) is 24.3 Å². The van der Waals surface area contributed by atoms with Gasteiger partial charge in [0.2, 0.25) is 0 Å². The molecule has 0 aliphatic carbocycles. The van der Waals surface area contributed by atoms with E-state index in [1.807, 2.05) is 6.07 Å². The fraction of sp³-hybridized carbons (Fsp3) is 0.250. The molecule has 0 aromatic heterocycles. The van der Waals surface area contributed by atoms with Gasteiger partial charge in [-0.3, -0.25) is 9.36 Å². The van der Waals surface area contributed by atoms with E-state index >= 15 is 0 Å². The van der Waals surface area contributed by atoms with E-state index in [-0.39, 0.29) is 11.7 Å². The number of rotatable bonds is 3. The summed E-state index contributed by atoms with van der Waals surface area (Å²) in [5.74, 6) is -1.45. The molecule has 0 saturated heterocycles. The molecule has 102 valence electrons. The molecule has 7 heteroatoms. The fourth-order valence-corrected chi connectivity index (χ4v) is 4.48. The second-order valence-corrected chi connectivity index (χ2v) is 6.89. The first kappa shape index (κ1) is 14.3. The minimum absolute atomic E-state index is 0.0673. The molecule has 1 aromatic rings. The summed E-state index contributed by atoms with van der Waals surface area (Å²) in [6.07, 6.45) is -0.100. The molecule has 0 saturated carbocycles. The topological polar surface area (TPSA) is 94.8 Å². The number of hydrogen-bond donors (Lipinski definition) is 3. The highest BCUT2D eigenvalue weighted by Crippen LogP contribution is 2.56. The third-order valence-corrected chi connectivity index (χ3v) is 5.47. The van der Waals surface area contributed by atoms with Gasteiger partial charge in [0.05, 0.1) is 11.2 Å². The molecule has 19 heavy (non-hydrogen) atoms. The smallest absolute Gasteiger partial charge is 0.353 e. The zero-order valence-electron chi connectivity index (χ0n) is 9.89. The van der Waals surface area contributed by atoms with Crippen molar-refractivity contribution in [3.05, 3.63) is 41.2 Å². The predicted octanol–water partition coefficient (Wildman–Crippen LogP) is 2.37. The number of aliphatic carboxylic acids is 1. The highest BCUT2D eigenvalue weighted by molar-refractivity contribution is 8.08. The molecular weight excluding hydrogens is 287 g/mol. The summed E-state index contributed by atoms with van der Waals surface area (Å²) in [4.78, 5) is 30.3. The van der Waals surface area contributed by atoms with Crippen molar-refractivity contribution in [3.63, 3.8) is 0 Å². The van der Waals surface area contributed by atoms with Gasteiger partial charge in [0.1, 0.15) is 0 Å². The van der Waals surface area contributed by atoms with Gasteiger partial charge in [-0.15, -0.1) is 11.8 Å². The molecule has 1 atom stereocenters. The summed E-state index contributed by atoms with van der Waals surface area (Å²) >= 11 is 1.19. The van der Waals surface area contributed by atoms with E-state index in [9.17, 15) is 19.1 Å². The van der Waals surface area contributed by atoms with Crippen molar-refractivity contribution in [1.29, 1.82) is 0 Å². The number of benzene rings is 1. The molecule has 0 unspecified atom stereocenters. The molecule has 5 nitrogen and oxygen atoms in total. The maximum absolute atomic E-state index is 11.6. The van der Waals surface area contributed by atoms with Crippen LogP contribution in [0.1, 0.15) is 12.0 Å². The zero-order valence-corrected chi connectivity index (χ0v) is 11.6. The highest BCUT2D eigenvalue weighted by Gasteiger charge is 2.35. The molecule has 0 amide bonds. The number of thioether (sulfide) groups is 1. The van der Waals surface area contributed by atoms with E-state index in [2.05, 4.69) is 0 Å². The van der Waals surface area contributed by atoms with E-state index in [4.69, 9.17) is 5.11 Å². The molecule has 1 aromatic carbocycles.